The third-order valence-corrected chi connectivity index (χ3v) is 4.09. The minimum Gasteiger partial charge on any atom is -0.0830 e. The first-order chi connectivity index (χ1) is 6.06. The molecule has 3 heteroatoms. The topological polar surface area (TPSA) is 0 Å². The Morgan fingerprint density at radius 1 is 1.31 bits per heavy atom. The van der Waals surface area contributed by atoms with Crippen molar-refractivity contribution in [2.24, 2.45) is 0 Å². The van der Waals surface area contributed by atoms with Crippen LogP contribution in [-0.2, 0) is 0 Å². The molecule has 0 saturated heterocycles. The molecule has 0 aliphatic carbocycles. The molecule has 1 aromatic rings. The van der Waals surface area contributed by atoms with Crippen molar-refractivity contribution in [2.45, 2.75) is 26.2 Å². The average molecular weight is 282 g/mol. The molecule has 0 amide bonds. The van der Waals surface area contributed by atoms with Crippen LogP contribution in [0.1, 0.15) is 31.7 Å². The Morgan fingerprint density at radius 3 is 2.15 bits per heavy atom. The molecule has 13 heavy (non-hydrogen) atoms. The van der Waals surface area contributed by atoms with Crippen LogP contribution in [0.2, 0.25) is 10.0 Å². The first kappa shape index (κ1) is 11.4. The summed E-state index contributed by atoms with van der Waals surface area (Å²) in [7, 11) is 0. The standard InChI is InChI=1S/C10H11BrCl2/c1-3-6(2)7-4-8(12)10(11)9(13)5-7/h4-6H,3H2,1-2H3. The molecule has 0 fully saturated rings. The normalized spacial score (nSPS) is 13.0. The lowest BCUT2D eigenvalue weighted by Crippen LogP contribution is -1.91. The molecule has 0 aliphatic rings. The Labute approximate surface area is 97.4 Å². The number of hydrogen-bond acceptors (Lipinski definition) is 0. The molecule has 0 N–H and O–H groups in total. The van der Waals surface area contributed by atoms with Crippen LogP contribution in [0.5, 0.6) is 0 Å². The van der Waals surface area contributed by atoms with Gasteiger partial charge in [-0.3, -0.25) is 0 Å². The Kier molecular flexibility index (Phi) is 4.08. The van der Waals surface area contributed by atoms with Crippen LogP contribution in [0.15, 0.2) is 16.6 Å². The molecule has 1 unspecified atom stereocenters. The number of benzene rings is 1. The minimum atomic E-state index is 0.503. The van der Waals surface area contributed by atoms with Gasteiger partial charge in [0, 0.05) is 0 Å². The van der Waals surface area contributed by atoms with E-state index in [1.54, 1.807) is 0 Å². The Hall–Kier alpha value is 0.280. The third kappa shape index (κ3) is 2.61. The molecule has 1 aromatic carbocycles. The summed E-state index contributed by atoms with van der Waals surface area (Å²) in [4.78, 5) is 0. The number of rotatable bonds is 2. The van der Waals surface area contributed by atoms with Gasteiger partial charge in [-0.2, -0.15) is 0 Å². The number of hydrogen-bond donors (Lipinski definition) is 0. The van der Waals surface area contributed by atoms with E-state index in [1.165, 1.54) is 5.56 Å². The summed E-state index contributed by atoms with van der Waals surface area (Å²) < 4.78 is 0.780. The Bertz CT molecular complexity index is 287. The van der Waals surface area contributed by atoms with E-state index in [4.69, 9.17) is 23.2 Å². The van der Waals surface area contributed by atoms with Gasteiger partial charge in [0.15, 0.2) is 0 Å². The molecule has 0 spiro atoms. The second-order valence-corrected chi connectivity index (χ2v) is 4.72. The SMILES string of the molecule is CCC(C)c1cc(Cl)c(Br)c(Cl)c1. The predicted octanol–water partition coefficient (Wildman–Crippen LogP) is 5.27. The van der Waals surface area contributed by atoms with Crippen LogP contribution >= 0.6 is 39.1 Å². The summed E-state index contributed by atoms with van der Waals surface area (Å²) in [6, 6.07) is 3.93. The quantitative estimate of drug-likeness (QED) is 0.648. The zero-order chi connectivity index (χ0) is 10.0. The molecular weight excluding hydrogens is 271 g/mol. The predicted molar refractivity (Wildman–Crippen MR) is 62.9 cm³/mol. The van der Waals surface area contributed by atoms with Crippen LogP contribution in [0.3, 0.4) is 0 Å². The van der Waals surface area contributed by atoms with Crippen LogP contribution in [0.4, 0.5) is 0 Å². The van der Waals surface area contributed by atoms with Crippen LogP contribution in [0.25, 0.3) is 0 Å². The van der Waals surface area contributed by atoms with Gasteiger partial charge in [-0.05, 0) is 46.0 Å². The largest absolute Gasteiger partial charge is 0.0830 e. The molecule has 1 rings (SSSR count). The maximum atomic E-state index is 5.99. The van der Waals surface area contributed by atoms with Crippen molar-refractivity contribution in [2.75, 3.05) is 0 Å². The van der Waals surface area contributed by atoms with E-state index in [-0.39, 0.29) is 0 Å². The van der Waals surface area contributed by atoms with E-state index >= 15 is 0 Å². The molecule has 0 aromatic heterocycles. The lowest BCUT2D eigenvalue weighted by atomic mass is 9.99. The van der Waals surface area contributed by atoms with Gasteiger partial charge in [-0.15, -0.1) is 0 Å². The second-order valence-electron chi connectivity index (χ2n) is 3.11. The molecule has 0 saturated carbocycles. The summed E-state index contributed by atoms with van der Waals surface area (Å²) in [6.07, 6.45) is 1.09. The van der Waals surface area contributed by atoms with E-state index < -0.39 is 0 Å². The molecule has 0 aliphatic heterocycles. The van der Waals surface area contributed by atoms with Crippen molar-refractivity contribution in [3.8, 4) is 0 Å². The van der Waals surface area contributed by atoms with Crippen molar-refractivity contribution < 1.29 is 0 Å². The van der Waals surface area contributed by atoms with E-state index in [0.717, 1.165) is 10.9 Å². The first-order valence-corrected chi connectivity index (χ1v) is 5.75. The monoisotopic (exact) mass is 280 g/mol. The van der Waals surface area contributed by atoms with E-state index in [1.807, 2.05) is 12.1 Å². The average Bonchev–Trinajstić information content (AvgIpc) is 2.12. The van der Waals surface area contributed by atoms with Gasteiger partial charge >= 0.3 is 0 Å². The Balaban J connectivity index is 3.13. The van der Waals surface area contributed by atoms with E-state index in [9.17, 15) is 0 Å². The van der Waals surface area contributed by atoms with Gasteiger partial charge in [0.05, 0.1) is 14.5 Å². The van der Waals surface area contributed by atoms with E-state index in [2.05, 4.69) is 29.8 Å². The number of halogens is 3. The molecule has 0 nitrogen and oxygen atoms in total. The zero-order valence-corrected chi connectivity index (χ0v) is 10.7. The van der Waals surface area contributed by atoms with Crippen molar-refractivity contribution in [1.29, 1.82) is 0 Å². The first-order valence-electron chi connectivity index (χ1n) is 4.20. The lowest BCUT2D eigenvalue weighted by molar-refractivity contribution is 0.733. The third-order valence-electron chi connectivity index (χ3n) is 2.19. The molecule has 0 radical (unpaired) electrons. The summed E-state index contributed by atoms with van der Waals surface area (Å²) in [5.74, 6) is 0.503. The minimum absolute atomic E-state index is 0.503. The molecular formula is C10H11BrCl2. The fourth-order valence-corrected chi connectivity index (χ4v) is 1.83. The maximum Gasteiger partial charge on any atom is 0.0566 e. The molecule has 0 bridgehead atoms. The molecule has 72 valence electrons. The highest BCUT2D eigenvalue weighted by atomic mass is 79.9. The van der Waals surface area contributed by atoms with Crippen LogP contribution in [-0.4, -0.2) is 0 Å². The van der Waals surface area contributed by atoms with Gasteiger partial charge in [0.1, 0.15) is 0 Å². The van der Waals surface area contributed by atoms with Crippen molar-refractivity contribution in [3.63, 3.8) is 0 Å². The van der Waals surface area contributed by atoms with Gasteiger partial charge in [-0.25, -0.2) is 0 Å². The van der Waals surface area contributed by atoms with Crippen molar-refractivity contribution in [3.05, 3.63) is 32.2 Å². The fourth-order valence-electron chi connectivity index (χ4n) is 1.10. The van der Waals surface area contributed by atoms with E-state index in [0.29, 0.717) is 16.0 Å². The second kappa shape index (κ2) is 4.68. The summed E-state index contributed by atoms with van der Waals surface area (Å²) in [6.45, 7) is 4.31. The van der Waals surface area contributed by atoms with Gasteiger partial charge in [-0.1, -0.05) is 37.0 Å². The summed E-state index contributed by atoms with van der Waals surface area (Å²) in [5, 5.41) is 1.37. The van der Waals surface area contributed by atoms with Gasteiger partial charge < -0.3 is 0 Å². The van der Waals surface area contributed by atoms with Gasteiger partial charge in [0.25, 0.3) is 0 Å². The van der Waals surface area contributed by atoms with Crippen LogP contribution in [0, 0.1) is 0 Å². The smallest absolute Gasteiger partial charge is 0.0566 e. The van der Waals surface area contributed by atoms with Crippen molar-refractivity contribution >= 4 is 39.1 Å². The van der Waals surface area contributed by atoms with Crippen molar-refractivity contribution in [1.82, 2.24) is 0 Å². The Morgan fingerprint density at radius 2 is 1.77 bits per heavy atom. The van der Waals surface area contributed by atoms with Crippen LogP contribution < -0.4 is 0 Å². The highest BCUT2D eigenvalue weighted by Crippen LogP contribution is 2.34. The van der Waals surface area contributed by atoms with Gasteiger partial charge in [0.2, 0.25) is 0 Å². The highest BCUT2D eigenvalue weighted by molar-refractivity contribution is 9.10. The molecule has 0 heterocycles. The molecule has 1 atom stereocenters. The lowest BCUT2D eigenvalue weighted by Gasteiger charge is -2.10. The highest BCUT2D eigenvalue weighted by Gasteiger charge is 2.09. The summed E-state index contributed by atoms with van der Waals surface area (Å²) in [5.41, 5.74) is 1.20. The maximum absolute atomic E-state index is 5.99. The fraction of sp³-hybridized carbons (Fsp3) is 0.400. The summed E-state index contributed by atoms with van der Waals surface area (Å²) >= 11 is 15.3. The zero-order valence-electron chi connectivity index (χ0n) is 7.57.